The summed E-state index contributed by atoms with van der Waals surface area (Å²) in [6.07, 6.45) is 2.49. The lowest BCUT2D eigenvalue weighted by Gasteiger charge is -1.84. The molecule has 0 aromatic heterocycles. The van der Waals surface area contributed by atoms with Crippen molar-refractivity contribution in [1.29, 1.82) is 0 Å². The minimum atomic E-state index is -1.56. The molecule has 3 N–H and O–H groups in total. The van der Waals surface area contributed by atoms with Gasteiger partial charge in [0.15, 0.2) is 0 Å². The van der Waals surface area contributed by atoms with E-state index in [4.69, 9.17) is 15.3 Å². The Morgan fingerprint density at radius 3 is 1.53 bits per heavy atom. The fraction of sp³-hybridized carbons (Fsp3) is 0.182. The zero-order chi connectivity index (χ0) is 15.4. The van der Waals surface area contributed by atoms with E-state index in [0.29, 0.717) is 0 Å². The summed E-state index contributed by atoms with van der Waals surface area (Å²) in [5.74, 6) is -6.00. The molecule has 0 atom stereocenters. The van der Waals surface area contributed by atoms with Crippen molar-refractivity contribution in [2.75, 3.05) is 0 Å². The number of carboxylic acid groups (broad SMARTS) is 3. The molecule has 19 heavy (non-hydrogen) atoms. The Labute approximate surface area is 107 Å². The first-order valence-corrected chi connectivity index (χ1v) is 4.75. The highest BCUT2D eigenvalue weighted by Gasteiger charge is 2.07. The van der Waals surface area contributed by atoms with E-state index in [1.165, 1.54) is 6.08 Å². The zero-order valence-corrected chi connectivity index (χ0v) is 9.74. The van der Waals surface area contributed by atoms with E-state index in [1.54, 1.807) is 0 Å². The van der Waals surface area contributed by atoms with Crippen molar-refractivity contribution in [3.05, 3.63) is 24.8 Å². The molecule has 0 aromatic carbocycles. The van der Waals surface area contributed by atoms with Crippen molar-refractivity contribution in [2.24, 2.45) is 0 Å². The summed E-state index contributed by atoms with van der Waals surface area (Å²) < 4.78 is 0. The number of carbonyl (C=O) groups excluding carboxylic acids is 2. The lowest BCUT2D eigenvalue weighted by atomic mass is 10.3. The van der Waals surface area contributed by atoms with E-state index in [2.05, 4.69) is 6.58 Å². The number of rotatable bonds is 7. The van der Waals surface area contributed by atoms with Crippen LogP contribution in [-0.4, -0.2) is 44.8 Å². The van der Waals surface area contributed by atoms with E-state index >= 15 is 0 Å². The van der Waals surface area contributed by atoms with Crippen LogP contribution in [0.15, 0.2) is 24.8 Å². The number of aliphatic carboxylic acids is 3. The van der Waals surface area contributed by atoms with Crippen LogP contribution < -0.4 is 0 Å². The van der Waals surface area contributed by atoms with Crippen molar-refractivity contribution in [2.45, 2.75) is 12.8 Å². The SMILES string of the molecule is C=CCC(=O)C(=O)O.O=C(O)C=CCC(=O)C(=O)O. The molecule has 8 nitrogen and oxygen atoms in total. The number of allylic oxidation sites excluding steroid dienone is 2. The molecule has 0 aliphatic heterocycles. The van der Waals surface area contributed by atoms with E-state index < -0.39 is 29.5 Å². The van der Waals surface area contributed by atoms with E-state index in [0.717, 1.165) is 12.2 Å². The first-order valence-electron chi connectivity index (χ1n) is 4.75. The van der Waals surface area contributed by atoms with Crippen LogP contribution in [0.4, 0.5) is 0 Å². The normalized spacial score (nSPS) is 9.05. The van der Waals surface area contributed by atoms with Crippen molar-refractivity contribution in [3.8, 4) is 0 Å². The third-order valence-corrected chi connectivity index (χ3v) is 1.37. The molecule has 0 amide bonds. The van der Waals surface area contributed by atoms with Gasteiger partial charge in [-0.25, -0.2) is 14.4 Å². The number of Topliss-reactive ketones (excluding diaryl/α,β-unsaturated/α-hetero) is 2. The molecule has 0 saturated heterocycles. The number of carbonyl (C=O) groups is 5. The summed E-state index contributed by atoms with van der Waals surface area (Å²) in [5, 5.41) is 24.0. The quantitative estimate of drug-likeness (QED) is 0.330. The lowest BCUT2D eigenvalue weighted by Crippen LogP contribution is -2.10. The highest BCUT2D eigenvalue weighted by Crippen LogP contribution is 1.85. The van der Waals surface area contributed by atoms with Gasteiger partial charge in [-0.3, -0.25) is 9.59 Å². The summed E-state index contributed by atoms with van der Waals surface area (Å²) in [6, 6.07) is 0. The largest absolute Gasteiger partial charge is 0.478 e. The first kappa shape index (κ1) is 18.6. The fourth-order valence-electron chi connectivity index (χ4n) is 0.572. The number of ketones is 2. The van der Waals surface area contributed by atoms with Crippen LogP contribution in [0.3, 0.4) is 0 Å². The maximum absolute atomic E-state index is 10.3. The molecule has 0 spiro atoms. The lowest BCUT2D eigenvalue weighted by molar-refractivity contribution is -0.148. The van der Waals surface area contributed by atoms with Gasteiger partial charge in [-0.1, -0.05) is 12.2 Å². The van der Waals surface area contributed by atoms with E-state index in [9.17, 15) is 24.0 Å². The number of hydrogen-bond donors (Lipinski definition) is 3. The molecular weight excluding hydrogens is 260 g/mol. The van der Waals surface area contributed by atoms with Gasteiger partial charge in [-0.2, -0.15) is 0 Å². The highest BCUT2D eigenvalue weighted by molar-refractivity contribution is 6.33. The highest BCUT2D eigenvalue weighted by atomic mass is 16.4. The molecule has 0 fully saturated rings. The molecule has 104 valence electrons. The van der Waals surface area contributed by atoms with Gasteiger partial charge in [0.05, 0.1) is 0 Å². The molecule has 0 aromatic rings. The number of carboxylic acids is 3. The molecule has 8 heteroatoms. The summed E-state index contributed by atoms with van der Waals surface area (Å²) >= 11 is 0. The molecule has 0 radical (unpaired) electrons. The van der Waals surface area contributed by atoms with Gasteiger partial charge < -0.3 is 15.3 Å². The zero-order valence-electron chi connectivity index (χ0n) is 9.74. The standard InChI is InChI=1S/C6H6O5.C5H6O3/c7-4(6(10)11)2-1-3-5(8)9;1-2-3-4(6)5(7)8/h1,3H,2H2,(H,8,9)(H,10,11);2H,1,3H2,(H,7,8). The summed E-state index contributed by atoms with van der Waals surface area (Å²) in [4.78, 5) is 49.7. The van der Waals surface area contributed by atoms with Crippen molar-refractivity contribution in [3.63, 3.8) is 0 Å². The average Bonchev–Trinajstić information content (AvgIpc) is 2.29. The summed E-state index contributed by atoms with van der Waals surface area (Å²) in [5.41, 5.74) is 0. The second-order valence-electron chi connectivity index (χ2n) is 2.89. The number of hydrogen-bond acceptors (Lipinski definition) is 5. The Kier molecular flexibility index (Phi) is 10.2. The minimum absolute atomic E-state index is 0.0880. The smallest absolute Gasteiger partial charge is 0.372 e. The van der Waals surface area contributed by atoms with Gasteiger partial charge in [-0.05, 0) is 0 Å². The molecule has 0 bridgehead atoms. The molecular formula is C11H12O8. The van der Waals surface area contributed by atoms with Crippen LogP contribution in [-0.2, 0) is 24.0 Å². The maximum Gasteiger partial charge on any atom is 0.372 e. The fourth-order valence-corrected chi connectivity index (χ4v) is 0.572. The van der Waals surface area contributed by atoms with Crippen molar-refractivity contribution in [1.82, 2.24) is 0 Å². The third-order valence-electron chi connectivity index (χ3n) is 1.37. The Hall–Kier alpha value is -2.77. The third kappa shape index (κ3) is 13.2. The van der Waals surface area contributed by atoms with E-state index in [-0.39, 0.29) is 12.8 Å². The van der Waals surface area contributed by atoms with Gasteiger partial charge in [-0.15, -0.1) is 6.58 Å². The second kappa shape index (κ2) is 10.4. The van der Waals surface area contributed by atoms with Gasteiger partial charge in [0.1, 0.15) is 0 Å². The molecule has 0 aliphatic carbocycles. The van der Waals surface area contributed by atoms with Crippen LogP contribution >= 0.6 is 0 Å². The van der Waals surface area contributed by atoms with Crippen LogP contribution in [0, 0.1) is 0 Å². The van der Waals surface area contributed by atoms with Crippen LogP contribution in [0.5, 0.6) is 0 Å². The summed E-state index contributed by atoms with van der Waals surface area (Å²) in [6.45, 7) is 3.20. The predicted octanol–water partition coefficient (Wildman–Crippen LogP) is -0.113. The second-order valence-corrected chi connectivity index (χ2v) is 2.89. The Morgan fingerprint density at radius 1 is 0.842 bits per heavy atom. The maximum atomic E-state index is 10.3. The predicted molar refractivity (Wildman–Crippen MR) is 61.5 cm³/mol. The molecule has 0 saturated carbocycles. The Morgan fingerprint density at radius 2 is 1.26 bits per heavy atom. The first-order chi connectivity index (χ1) is 8.72. The van der Waals surface area contributed by atoms with Gasteiger partial charge in [0.2, 0.25) is 11.6 Å². The Balaban J connectivity index is 0. The molecule has 0 aliphatic rings. The van der Waals surface area contributed by atoms with E-state index in [1.807, 2.05) is 0 Å². The van der Waals surface area contributed by atoms with Gasteiger partial charge in [0, 0.05) is 18.9 Å². The van der Waals surface area contributed by atoms with Crippen LogP contribution in [0.25, 0.3) is 0 Å². The van der Waals surface area contributed by atoms with Crippen LogP contribution in [0.2, 0.25) is 0 Å². The topological polar surface area (TPSA) is 146 Å². The van der Waals surface area contributed by atoms with Crippen molar-refractivity contribution < 1.29 is 39.3 Å². The van der Waals surface area contributed by atoms with Gasteiger partial charge in [0.25, 0.3) is 0 Å². The van der Waals surface area contributed by atoms with Gasteiger partial charge >= 0.3 is 17.9 Å². The van der Waals surface area contributed by atoms with Crippen LogP contribution in [0.1, 0.15) is 12.8 Å². The average molecular weight is 272 g/mol. The molecule has 0 rings (SSSR count). The summed E-state index contributed by atoms with van der Waals surface area (Å²) in [7, 11) is 0. The Bertz CT molecular complexity index is 418. The monoisotopic (exact) mass is 272 g/mol. The minimum Gasteiger partial charge on any atom is -0.478 e. The molecule has 0 heterocycles. The molecule has 0 unspecified atom stereocenters. The van der Waals surface area contributed by atoms with Crippen molar-refractivity contribution >= 4 is 29.5 Å².